The molecule has 2 aromatic rings. The van der Waals surface area contributed by atoms with E-state index in [0.717, 1.165) is 12.1 Å². The van der Waals surface area contributed by atoms with Crippen molar-refractivity contribution in [2.24, 2.45) is 5.73 Å². The summed E-state index contributed by atoms with van der Waals surface area (Å²) in [5.41, 5.74) is 4.17. The van der Waals surface area contributed by atoms with Gasteiger partial charge in [-0.15, -0.1) is 0 Å². The fourth-order valence-corrected chi connectivity index (χ4v) is 3.64. The normalized spacial score (nSPS) is 13.8. The molecule has 2 unspecified atom stereocenters. The van der Waals surface area contributed by atoms with Gasteiger partial charge in [0.05, 0.1) is 27.0 Å². The summed E-state index contributed by atoms with van der Waals surface area (Å²) in [6.07, 6.45) is 0. The fraction of sp³-hybridized carbons (Fsp3) is 0.235. The molecule has 5 nitrogen and oxygen atoms in total. The Morgan fingerprint density at radius 1 is 1.38 bits per heavy atom. The van der Waals surface area contributed by atoms with Crippen LogP contribution in [0.3, 0.4) is 0 Å². The Kier molecular flexibility index (Phi) is 6.13. The van der Waals surface area contributed by atoms with Gasteiger partial charge in [-0.05, 0) is 54.0 Å². The van der Waals surface area contributed by atoms with E-state index in [0.29, 0.717) is 0 Å². The van der Waals surface area contributed by atoms with E-state index in [2.05, 4.69) is 15.9 Å². The average molecular weight is 445 g/mol. The van der Waals surface area contributed by atoms with Crippen LogP contribution in [0.1, 0.15) is 31.0 Å². The van der Waals surface area contributed by atoms with Crippen molar-refractivity contribution in [1.82, 2.24) is 0 Å². The molecule has 0 aromatic heterocycles. The second-order valence-corrected chi connectivity index (χ2v) is 7.70. The Hall–Kier alpha value is -1.86. The predicted molar refractivity (Wildman–Crippen MR) is 96.5 cm³/mol. The van der Waals surface area contributed by atoms with Crippen LogP contribution >= 0.6 is 15.9 Å². The number of halogens is 3. The van der Waals surface area contributed by atoms with E-state index in [1.807, 2.05) is 6.07 Å². The van der Waals surface area contributed by atoms with Crippen LogP contribution in [0.2, 0.25) is 0 Å². The van der Waals surface area contributed by atoms with E-state index in [4.69, 9.17) is 15.7 Å². The van der Waals surface area contributed by atoms with Crippen molar-refractivity contribution in [2.75, 3.05) is 0 Å². The highest BCUT2D eigenvalue weighted by Crippen LogP contribution is 2.41. The molecule has 0 saturated heterocycles. The molecule has 0 amide bonds. The SMILES string of the molecule is CC(C)(F)C(N)c1c(S(=O)O)ccc(Oc2cc(F)cc(C#N)c2)c1Br. The molecule has 3 N–H and O–H groups in total. The van der Waals surface area contributed by atoms with Gasteiger partial charge in [-0.25, -0.2) is 13.0 Å². The van der Waals surface area contributed by atoms with Crippen molar-refractivity contribution in [2.45, 2.75) is 30.5 Å². The number of nitriles is 1. The lowest BCUT2D eigenvalue weighted by Gasteiger charge is -2.26. The average Bonchev–Trinajstić information content (AvgIpc) is 2.54. The Morgan fingerprint density at radius 2 is 2.04 bits per heavy atom. The van der Waals surface area contributed by atoms with E-state index in [-0.39, 0.29) is 32.0 Å². The molecular formula is C17H15BrF2N2O3S. The highest BCUT2D eigenvalue weighted by Gasteiger charge is 2.33. The zero-order valence-electron chi connectivity index (χ0n) is 13.8. The molecule has 0 radical (unpaired) electrons. The Labute approximate surface area is 160 Å². The summed E-state index contributed by atoms with van der Waals surface area (Å²) in [5.74, 6) is -0.493. The molecule has 2 atom stereocenters. The van der Waals surface area contributed by atoms with Gasteiger partial charge in [-0.3, -0.25) is 0 Å². The molecule has 0 aliphatic carbocycles. The molecule has 138 valence electrons. The van der Waals surface area contributed by atoms with Crippen molar-refractivity contribution >= 4 is 27.0 Å². The summed E-state index contributed by atoms with van der Waals surface area (Å²) in [5, 5.41) is 8.91. The summed E-state index contributed by atoms with van der Waals surface area (Å²) in [6.45, 7) is 2.49. The van der Waals surface area contributed by atoms with Gasteiger partial charge in [0.1, 0.15) is 23.0 Å². The van der Waals surface area contributed by atoms with Crippen LogP contribution in [0.25, 0.3) is 0 Å². The number of alkyl halides is 1. The van der Waals surface area contributed by atoms with Crippen LogP contribution in [-0.4, -0.2) is 14.4 Å². The minimum Gasteiger partial charge on any atom is -0.456 e. The third-order valence-corrected chi connectivity index (χ3v) is 5.12. The molecule has 2 rings (SSSR count). The van der Waals surface area contributed by atoms with E-state index in [1.54, 1.807) is 0 Å². The number of nitrogens with two attached hydrogens (primary N) is 1. The number of hydrogen-bond donors (Lipinski definition) is 2. The Bertz CT molecular complexity index is 910. The van der Waals surface area contributed by atoms with Gasteiger partial charge in [0.15, 0.2) is 11.1 Å². The van der Waals surface area contributed by atoms with Crippen molar-refractivity contribution in [3.05, 3.63) is 51.7 Å². The molecule has 0 aliphatic heterocycles. The number of rotatable bonds is 5. The van der Waals surface area contributed by atoms with Crippen LogP contribution in [0.15, 0.2) is 39.7 Å². The lowest BCUT2D eigenvalue weighted by molar-refractivity contribution is 0.172. The van der Waals surface area contributed by atoms with Gasteiger partial charge in [-0.2, -0.15) is 5.26 Å². The molecule has 2 aromatic carbocycles. The first-order valence-electron chi connectivity index (χ1n) is 7.31. The molecular weight excluding hydrogens is 430 g/mol. The number of ether oxygens (including phenoxy) is 1. The second kappa shape index (κ2) is 7.80. The van der Waals surface area contributed by atoms with Crippen molar-refractivity contribution in [3.8, 4) is 17.6 Å². The zero-order valence-corrected chi connectivity index (χ0v) is 16.2. The number of nitrogens with zero attached hydrogens (tertiary/aromatic N) is 1. The maximum atomic E-state index is 14.3. The minimum atomic E-state index is -2.40. The maximum absolute atomic E-state index is 14.3. The molecule has 0 heterocycles. The van der Waals surface area contributed by atoms with Gasteiger partial charge >= 0.3 is 0 Å². The maximum Gasteiger partial charge on any atom is 0.186 e. The summed E-state index contributed by atoms with van der Waals surface area (Å²) < 4.78 is 54.7. The van der Waals surface area contributed by atoms with Crippen LogP contribution < -0.4 is 10.5 Å². The predicted octanol–water partition coefficient (Wildman–Crippen LogP) is 4.58. The molecule has 0 fully saturated rings. The number of benzene rings is 2. The fourth-order valence-electron chi connectivity index (χ4n) is 2.23. The molecule has 26 heavy (non-hydrogen) atoms. The highest BCUT2D eigenvalue weighted by molar-refractivity contribution is 9.10. The van der Waals surface area contributed by atoms with E-state index in [1.165, 1.54) is 32.0 Å². The first-order chi connectivity index (χ1) is 12.0. The van der Waals surface area contributed by atoms with E-state index in [9.17, 15) is 17.5 Å². The van der Waals surface area contributed by atoms with Crippen LogP contribution in [0, 0.1) is 17.1 Å². The van der Waals surface area contributed by atoms with Crippen LogP contribution in [0.4, 0.5) is 8.78 Å². The van der Waals surface area contributed by atoms with Crippen LogP contribution in [0.5, 0.6) is 11.5 Å². The van der Waals surface area contributed by atoms with Gasteiger partial charge in [0, 0.05) is 11.6 Å². The number of hydrogen-bond acceptors (Lipinski definition) is 4. The molecule has 0 saturated carbocycles. The van der Waals surface area contributed by atoms with Crippen molar-refractivity contribution < 1.29 is 22.3 Å². The topological polar surface area (TPSA) is 96.3 Å². The quantitative estimate of drug-likeness (QED) is 0.657. The summed E-state index contributed by atoms with van der Waals surface area (Å²) in [6, 6.07) is 6.67. The van der Waals surface area contributed by atoms with E-state index < -0.39 is 28.6 Å². The van der Waals surface area contributed by atoms with Crippen molar-refractivity contribution in [1.29, 1.82) is 5.26 Å². The standard InChI is InChI=1S/C17H15BrF2N2O3S/c1-17(2,20)16(22)14-13(26(23)24)4-3-12(15(14)18)25-11-6-9(8-21)5-10(19)7-11/h3-7,16H,22H2,1-2H3,(H,23,24). The third-order valence-electron chi connectivity index (χ3n) is 3.57. The lowest BCUT2D eigenvalue weighted by atomic mass is 9.94. The van der Waals surface area contributed by atoms with Gasteiger partial charge in [0.2, 0.25) is 0 Å². The van der Waals surface area contributed by atoms with Crippen LogP contribution in [-0.2, 0) is 11.1 Å². The third kappa shape index (κ3) is 4.45. The molecule has 0 aliphatic rings. The molecule has 9 heteroatoms. The van der Waals surface area contributed by atoms with Gasteiger partial charge in [0.25, 0.3) is 0 Å². The lowest BCUT2D eigenvalue weighted by Crippen LogP contribution is -2.32. The Morgan fingerprint density at radius 3 is 2.58 bits per heavy atom. The monoisotopic (exact) mass is 444 g/mol. The van der Waals surface area contributed by atoms with Gasteiger partial charge in [-0.1, -0.05) is 0 Å². The first-order valence-corrected chi connectivity index (χ1v) is 9.21. The summed E-state index contributed by atoms with van der Waals surface area (Å²) in [4.78, 5) is -0.0700. The summed E-state index contributed by atoms with van der Waals surface area (Å²) >= 11 is 0.824. The molecule has 0 bridgehead atoms. The second-order valence-electron chi connectivity index (χ2n) is 5.97. The Balaban J connectivity index is 2.57. The smallest absolute Gasteiger partial charge is 0.186 e. The van der Waals surface area contributed by atoms with Crippen molar-refractivity contribution in [3.63, 3.8) is 0 Å². The van der Waals surface area contributed by atoms with Gasteiger partial charge < -0.3 is 15.0 Å². The van der Waals surface area contributed by atoms with E-state index >= 15 is 0 Å². The first kappa shape index (κ1) is 20.5. The minimum absolute atomic E-state index is 0.0409. The zero-order chi connectivity index (χ0) is 19.6. The summed E-state index contributed by atoms with van der Waals surface area (Å²) in [7, 11) is 0. The largest absolute Gasteiger partial charge is 0.456 e. The molecule has 0 spiro atoms. The highest BCUT2D eigenvalue weighted by atomic mass is 79.9.